The van der Waals surface area contributed by atoms with Crippen LogP contribution in [0, 0.1) is 5.92 Å². The molecule has 1 aliphatic rings. The molecule has 3 nitrogen and oxygen atoms in total. The number of nitrogens with zero attached hydrogens (tertiary/aromatic N) is 2. The number of hydrogen-bond acceptors (Lipinski definition) is 2. The highest BCUT2D eigenvalue weighted by Gasteiger charge is 2.36. The van der Waals surface area contributed by atoms with Gasteiger partial charge in [-0.15, -0.1) is 0 Å². The van der Waals surface area contributed by atoms with Crippen molar-refractivity contribution in [3.05, 3.63) is 18.2 Å². The molecule has 1 N–H and O–H groups in total. The maximum Gasteiger partial charge on any atom is 0.248 e. The molecule has 1 unspecified atom stereocenters. The van der Waals surface area contributed by atoms with E-state index in [4.69, 9.17) is 0 Å². The zero-order chi connectivity index (χ0) is 13.0. The van der Waals surface area contributed by atoms with E-state index in [9.17, 15) is 8.78 Å². The van der Waals surface area contributed by atoms with Crippen molar-refractivity contribution in [3.8, 4) is 0 Å². The Labute approximate surface area is 107 Å². The molecule has 1 saturated carbocycles. The zero-order valence-electron chi connectivity index (χ0n) is 10.8. The summed E-state index contributed by atoms with van der Waals surface area (Å²) in [5, 5.41) is 3.20. The molecule has 0 spiro atoms. The van der Waals surface area contributed by atoms with Crippen LogP contribution < -0.4 is 5.32 Å². The van der Waals surface area contributed by atoms with Gasteiger partial charge in [-0.05, 0) is 25.3 Å². The van der Waals surface area contributed by atoms with Gasteiger partial charge < -0.3 is 9.88 Å². The normalized spacial score (nSPS) is 23.2. The minimum Gasteiger partial charge on any atom is -0.337 e. The van der Waals surface area contributed by atoms with Crippen LogP contribution in [0.15, 0.2) is 12.5 Å². The summed E-state index contributed by atoms with van der Waals surface area (Å²) < 4.78 is 28.5. The van der Waals surface area contributed by atoms with Crippen LogP contribution in [0.4, 0.5) is 8.78 Å². The molecule has 102 valence electrons. The summed E-state index contributed by atoms with van der Waals surface area (Å²) in [6.07, 6.45) is 5.31. The standard InChI is InChI=1S/C13H21F2N3/c1-2-16-7-12-9-18(10-17-12)8-11-4-3-5-13(14,15)6-11/h9-11,16H,2-8H2,1H3. The van der Waals surface area contributed by atoms with Gasteiger partial charge >= 0.3 is 0 Å². The Balaban J connectivity index is 1.87. The number of hydrogen-bond donors (Lipinski definition) is 1. The van der Waals surface area contributed by atoms with Gasteiger partial charge in [0.2, 0.25) is 5.92 Å². The van der Waals surface area contributed by atoms with Crippen LogP contribution in [-0.2, 0) is 13.1 Å². The Morgan fingerprint density at radius 3 is 3.11 bits per heavy atom. The predicted octanol–water partition coefficient (Wildman–Crippen LogP) is 2.82. The van der Waals surface area contributed by atoms with Crippen molar-refractivity contribution in [3.63, 3.8) is 0 Å². The lowest BCUT2D eigenvalue weighted by Crippen LogP contribution is -2.28. The predicted molar refractivity (Wildman–Crippen MR) is 66.5 cm³/mol. The monoisotopic (exact) mass is 257 g/mol. The van der Waals surface area contributed by atoms with Gasteiger partial charge in [-0.2, -0.15) is 0 Å². The minimum atomic E-state index is -2.46. The van der Waals surface area contributed by atoms with E-state index in [1.54, 1.807) is 6.33 Å². The Morgan fingerprint density at radius 2 is 2.39 bits per heavy atom. The van der Waals surface area contributed by atoms with Crippen LogP contribution in [0.5, 0.6) is 0 Å². The molecular formula is C13H21F2N3. The molecule has 1 fully saturated rings. The first kappa shape index (κ1) is 13.5. The number of imidazole rings is 1. The molecule has 0 aliphatic heterocycles. The second-order valence-electron chi connectivity index (χ2n) is 5.16. The SMILES string of the molecule is CCNCc1cn(CC2CCCC(F)(F)C2)cn1. The van der Waals surface area contributed by atoms with E-state index in [0.29, 0.717) is 13.0 Å². The Kier molecular flexibility index (Phi) is 4.32. The van der Waals surface area contributed by atoms with Gasteiger partial charge in [-0.25, -0.2) is 13.8 Å². The average Bonchev–Trinajstić information content (AvgIpc) is 2.73. The molecule has 5 heteroatoms. The molecule has 2 rings (SSSR count). The summed E-state index contributed by atoms with van der Waals surface area (Å²) in [7, 11) is 0. The molecule has 18 heavy (non-hydrogen) atoms. The van der Waals surface area contributed by atoms with Gasteiger partial charge in [0.15, 0.2) is 0 Å². The average molecular weight is 257 g/mol. The van der Waals surface area contributed by atoms with Crippen molar-refractivity contribution >= 4 is 0 Å². The highest BCUT2D eigenvalue weighted by Crippen LogP contribution is 2.37. The Bertz CT molecular complexity index is 376. The number of nitrogens with one attached hydrogen (secondary N) is 1. The quantitative estimate of drug-likeness (QED) is 0.879. The zero-order valence-corrected chi connectivity index (χ0v) is 10.8. The fourth-order valence-corrected chi connectivity index (χ4v) is 2.58. The summed E-state index contributed by atoms with van der Waals surface area (Å²) in [4.78, 5) is 4.27. The summed E-state index contributed by atoms with van der Waals surface area (Å²) in [6.45, 7) is 4.35. The van der Waals surface area contributed by atoms with E-state index in [0.717, 1.165) is 25.2 Å². The van der Waals surface area contributed by atoms with E-state index in [2.05, 4.69) is 10.3 Å². The van der Waals surface area contributed by atoms with Crippen molar-refractivity contribution in [2.45, 2.75) is 51.6 Å². The molecule has 1 aliphatic carbocycles. The molecule has 0 aromatic carbocycles. The topological polar surface area (TPSA) is 29.9 Å². The van der Waals surface area contributed by atoms with Crippen LogP contribution in [0.1, 0.15) is 38.3 Å². The largest absolute Gasteiger partial charge is 0.337 e. The lowest BCUT2D eigenvalue weighted by atomic mass is 9.86. The Hall–Kier alpha value is -0.970. The van der Waals surface area contributed by atoms with Gasteiger partial charge in [-0.1, -0.05) is 6.92 Å². The first-order valence-corrected chi connectivity index (χ1v) is 6.68. The number of aromatic nitrogens is 2. The summed E-state index contributed by atoms with van der Waals surface area (Å²) in [5.41, 5.74) is 0.972. The van der Waals surface area contributed by atoms with Crippen LogP contribution >= 0.6 is 0 Å². The molecule has 1 aromatic heterocycles. The molecular weight excluding hydrogens is 236 g/mol. The summed E-state index contributed by atoms with van der Waals surface area (Å²) in [6, 6.07) is 0. The Morgan fingerprint density at radius 1 is 1.56 bits per heavy atom. The number of halogens is 2. The first-order valence-electron chi connectivity index (χ1n) is 6.68. The fraction of sp³-hybridized carbons (Fsp3) is 0.769. The highest BCUT2D eigenvalue weighted by atomic mass is 19.3. The third-order valence-corrected chi connectivity index (χ3v) is 3.45. The van der Waals surface area contributed by atoms with Gasteiger partial charge in [0, 0.05) is 32.1 Å². The second kappa shape index (κ2) is 5.78. The third-order valence-electron chi connectivity index (χ3n) is 3.45. The summed E-state index contributed by atoms with van der Waals surface area (Å²) >= 11 is 0. The van der Waals surface area contributed by atoms with E-state index in [-0.39, 0.29) is 18.8 Å². The molecule has 1 atom stereocenters. The van der Waals surface area contributed by atoms with Gasteiger partial charge in [0.1, 0.15) is 0 Å². The van der Waals surface area contributed by atoms with Crippen LogP contribution in [0.3, 0.4) is 0 Å². The minimum absolute atomic E-state index is 0.0216. The first-order chi connectivity index (χ1) is 8.59. The smallest absolute Gasteiger partial charge is 0.248 e. The lowest BCUT2D eigenvalue weighted by molar-refractivity contribution is -0.0547. The highest BCUT2D eigenvalue weighted by molar-refractivity contribution is 4.96. The molecule has 0 amide bonds. The lowest BCUT2D eigenvalue weighted by Gasteiger charge is -2.28. The molecule has 1 aromatic rings. The van der Waals surface area contributed by atoms with Crippen molar-refractivity contribution in [1.82, 2.24) is 14.9 Å². The van der Waals surface area contributed by atoms with E-state index in [1.165, 1.54) is 0 Å². The molecule has 0 bridgehead atoms. The van der Waals surface area contributed by atoms with E-state index >= 15 is 0 Å². The van der Waals surface area contributed by atoms with Crippen LogP contribution in [0.2, 0.25) is 0 Å². The van der Waals surface area contributed by atoms with Crippen molar-refractivity contribution < 1.29 is 8.78 Å². The van der Waals surface area contributed by atoms with Gasteiger partial charge in [0.25, 0.3) is 0 Å². The van der Waals surface area contributed by atoms with Crippen LogP contribution in [0.25, 0.3) is 0 Å². The molecule has 0 saturated heterocycles. The third kappa shape index (κ3) is 3.77. The van der Waals surface area contributed by atoms with Crippen molar-refractivity contribution in [2.24, 2.45) is 5.92 Å². The van der Waals surface area contributed by atoms with Crippen LogP contribution in [-0.4, -0.2) is 22.0 Å². The molecule has 1 heterocycles. The number of alkyl halides is 2. The van der Waals surface area contributed by atoms with Crippen molar-refractivity contribution in [2.75, 3.05) is 6.54 Å². The van der Waals surface area contributed by atoms with Gasteiger partial charge in [0.05, 0.1) is 12.0 Å². The summed E-state index contributed by atoms with van der Waals surface area (Å²) in [5.74, 6) is -2.38. The molecule has 0 radical (unpaired) electrons. The second-order valence-corrected chi connectivity index (χ2v) is 5.16. The maximum atomic E-state index is 13.3. The van der Waals surface area contributed by atoms with E-state index in [1.807, 2.05) is 17.7 Å². The van der Waals surface area contributed by atoms with E-state index < -0.39 is 5.92 Å². The number of rotatable bonds is 5. The maximum absolute atomic E-state index is 13.3. The van der Waals surface area contributed by atoms with Crippen molar-refractivity contribution in [1.29, 1.82) is 0 Å². The van der Waals surface area contributed by atoms with Gasteiger partial charge in [-0.3, -0.25) is 0 Å². The fourth-order valence-electron chi connectivity index (χ4n) is 2.58.